The number of nitrogens with zero attached hydrogens (tertiary/aromatic N) is 3. The number of rotatable bonds is 2. The molecule has 1 aromatic carbocycles. The molecule has 1 aliphatic heterocycles. The Hall–Kier alpha value is -2.86. The molecule has 0 bridgehead atoms. The number of aromatic nitrogens is 3. The maximum absolute atomic E-state index is 12.9. The molecule has 116 valence electrons. The molecular formula is C17H15N3O3. The van der Waals surface area contributed by atoms with Crippen LogP contribution in [0.4, 0.5) is 0 Å². The van der Waals surface area contributed by atoms with Gasteiger partial charge in [-0.3, -0.25) is 0 Å². The van der Waals surface area contributed by atoms with Crippen molar-refractivity contribution in [2.75, 3.05) is 7.11 Å². The van der Waals surface area contributed by atoms with Gasteiger partial charge >= 0.3 is 11.4 Å². The molecule has 0 saturated heterocycles. The Morgan fingerprint density at radius 2 is 1.70 bits per heavy atom. The molecule has 2 aliphatic rings. The summed E-state index contributed by atoms with van der Waals surface area (Å²) in [6.45, 7) is 0. The van der Waals surface area contributed by atoms with Crippen LogP contribution in [0.15, 0.2) is 75.9 Å². The topological polar surface area (TPSA) is 58.2 Å². The predicted molar refractivity (Wildman–Crippen MR) is 85.7 cm³/mol. The first kappa shape index (κ1) is 13.8. The lowest BCUT2D eigenvalue weighted by atomic mass is 10.1. The fraction of sp³-hybridized carbons (Fsp3) is 0.176. The second kappa shape index (κ2) is 5.10. The summed E-state index contributed by atoms with van der Waals surface area (Å²) in [5.74, 6) is 0. The number of methoxy groups -OCH3 is 1. The van der Waals surface area contributed by atoms with Crippen molar-refractivity contribution in [3.63, 3.8) is 0 Å². The summed E-state index contributed by atoms with van der Waals surface area (Å²) in [5.41, 5.74) is 0.641. The minimum Gasteiger partial charge on any atom is -0.355 e. The van der Waals surface area contributed by atoms with Gasteiger partial charge in [0.05, 0.1) is 11.7 Å². The SMILES string of the molecule is CO[C@@H]1C2=CC=CC=C[C@@H]2n2c(=O)n(-c3ccccc3)c(=O)n21. The van der Waals surface area contributed by atoms with E-state index in [1.807, 2.05) is 36.4 Å². The number of allylic oxidation sites excluding steroid dienone is 5. The van der Waals surface area contributed by atoms with Gasteiger partial charge in [0.2, 0.25) is 0 Å². The van der Waals surface area contributed by atoms with Gasteiger partial charge in [-0.15, -0.1) is 0 Å². The fourth-order valence-electron chi connectivity index (χ4n) is 3.17. The van der Waals surface area contributed by atoms with E-state index in [0.717, 1.165) is 5.57 Å². The number of para-hydroxylation sites is 1. The molecule has 0 amide bonds. The lowest BCUT2D eigenvalue weighted by Crippen LogP contribution is -2.30. The van der Waals surface area contributed by atoms with Crippen LogP contribution in [-0.2, 0) is 4.74 Å². The van der Waals surface area contributed by atoms with E-state index in [0.29, 0.717) is 5.69 Å². The van der Waals surface area contributed by atoms with Crippen molar-refractivity contribution in [1.82, 2.24) is 13.9 Å². The van der Waals surface area contributed by atoms with Crippen LogP contribution < -0.4 is 11.4 Å². The first-order valence-electron chi connectivity index (χ1n) is 7.33. The third kappa shape index (κ3) is 1.85. The minimum absolute atomic E-state index is 0.319. The summed E-state index contributed by atoms with van der Waals surface area (Å²) < 4.78 is 9.52. The zero-order chi connectivity index (χ0) is 16.0. The van der Waals surface area contributed by atoms with Crippen LogP contribution >= 0.6 is 0 Å². The zero-order valence-electron chi connectivity index (χ0n) is 12.5. The first-order valence-corrected chi connectivity index (χ1v) is 7.33. The van der Waals surface area contributed by atoms with Gasteiger partial charge in [-0.05, 0) is 12.1 Å². The van der Waals surface area contributed by atoms with Crippen molar-refractivity contribution in [3.05, 3.63) is 87.3 Å². The zero-order valence-corrected chi connectivity index (χ0v) is 12.5. The quantitative estimate of drug-likeness (QED) is 0.846. The van der Waals surface area contributed by atoms with Gasteiger partial charge in [-0.25, -0.2) is 18.8 Å². The lowest BCUT2D eigenvalue weighted by Gasteiger charge is -2.12. The monoisotopic (exact) mass is 309 g/mol. The largest absolute Gasteiger partial charge is 0.355 e. The van der Waals surface area contributed by atoms with Gasteiger partial charge in [0.25, 0.3) is 0 Å². The minimum atomic E-state index is -0.586. The van der Waals surface area contributed by atoms with Crippen LogP contribution in [0, 0.1) is 0 Å². The van der Waals surface area contributed by atoms with E-state index in [1.165, 1.54) is 21.0 Å². The average molecular weight is 309 g/mol. The molecule has 23 heavy (non-hydrogen) atoms. The Morgan fingerprint density at radius 3 is 2.43 bits per heavy atom. The molecule has 0 fully saturated rings. The highest BCUT2D eigenvalue weighted by atomic mass is 16.5. The van der Waals surface area contributed by atoms with Crippen LogP contribution in [0.2, 0.25) is 0 Å². The molecule has 0 saturated carbocycles. The van der Waals surface area contributed by atoms with Gasteiger partial charge in [0.1, 0.15) is 0 Å². The number of fused-ring (bicyclic) bond motifs is 3. The van der Waals surface area contributed by atoms with Gasteiger partial charge in [0, 0.05) is 12.7 Å². The van der Waals surface area contributed by atoms with E-state index < -0.39 is 11.9 Å². The molecule has 0 radical (unpaired) electrons. The summed E-state index contributed by atoms with van der Waals surface area (Å²) in [6, 6.07) is 8.59. The highest BCUT2D eigenvalue weighted by Crippen LogP contribution is 2.36. The van der Waals surface area contributed by atoms with Gasteiger partial charge in [0.15, 0.2) is 6.23 Å². The first-order chi connectivity index (χ1) is 11.2. The fourth-order valence-corrected chi connectivity index (χ4v) is 3.17. The number of hydrogen-bond donors (Lipinski definition) is 0. The Morgan fingerprint density at radius 1 is 0.957 bits per heavy atom. The summed E-state index contributed by atoms with van der Waals surface area (Å²) >= 11 is 0. The van der Waals surface area contributed by atoms with Crippen molar-refractivity contribution < 1.29 is 4.74 Å². The standard InChI is InChI=1S/C17H15N3O3/c1-23-15-13-10-6-3-7-11-14(13)19-16(21)18(17(22)20(15)19)12-8-4-2-5-9-12/h2-11,14-15H,1H3/t14-,15+/m0/s1. The number of benzene rings is 1. The van der Waals surface area contributed by atoms with Gasteiger partial charge < -0.3 is 4.74 Å². The number of ether oxygens (including phenoxy) is 1. The normalized spacial score (nSPS) is 21.7. The van der Waals surface area contributed by atoms with E-state index in [4.69, 9.17) is 4.74 Å². The van der Waals surface area contributed by atoms with Crippen molar-refractivity contribution in [2.24, 2.45) is 0 Å². The Balaban J connectivity index is 2.02. The van der Waals surface area contributed by atoms with E-state index >= 15 is 0 Å². The van der Waals surface area contributed by atoms with Crippen LogP contribution in [0.25, 0.3) is 5.69 Å². The van der Waals surface area contributed by atoms with Crippen LogP contribution in [-0.4, -0.2) is 21.0 Å². The van der Waals surface area contributed by atoms with Crippen molar-refractivity contribution in [1.29, 1.82) is 0 Å². The smallest absolute Gasteiger partial charge is 0.354 e. The Kier molecular flexibility index (Phi) is 3.06. The average Bonchev–Trinajstić information content (AvgIpc) is 2.88. The van der Waals surface area contributed by atoms with Gasteiger partial charge in [-0.1, -0.05) is 48.6 Å². The second-order valence-electron chi connectivity index (χ2n) is 5.39. The van der Waals surface area contributed by atoms with Crippen molar-refractivity contribution in [2.45, 2.75) is 12.3 Å². The highest BCUT2D eigenvalue weighted by molar-refractivity contribution is 5.35. The predicted octanol–water partition coefficient (Wildman–Crippen LogP) is 1.55. The Bertz CT molecular complexity index is 957. The van der Waals surface area contributed by atoms with E-state index in [9.17, 15) is 9.59 Å². The third-order valence-electron chi connectivity index (χ3n) is 4.16. The maximum atomic E-state index is 12.9. The van der Waals surface area contributed by atoms with Crippen LogP contribution in [0.1, 0.15) is 12.3 Å². The van der Waals surface area contributed by atoms with Crippen LogP contribution in [0.5, 0.6) is 0 Å². The lowest BCUT2D eigenvalue weighted by molar-refractivity contribution is 0.0708. The maximum Gasteiger partial charge on any atom is 0.354 e. The molecule has 2 aromatic rings. The molecule has 0 unspecified atom stereocenters. The molecule has 6 nitrogen and oxygen atoms in total. The summed E-state index contributed by atoms with van der Waals surface area (Å²) in [4.78, 5) is 25.7. The second-order valence-corrected chi connectivity index (χ2v) is 5.39. The van der Waals surface area contributed by atoms with E-state index in [-0.39, 0.29) is 11.7 Å². The van der Waals surface area contributed by atoms with E-state index in [1.54, 1.807) is 24.3 Å². The highest BCUT2D eigenvalue weighted by Gasteiger charge is 2.39. The van der Waals surface area contributed by atoms with Crippen molar-refractivity contribution in [3.8, 4) is 5.69 Å². The van der Waals surface area contributed by atoms with Crippen LogP contribution in [0.3, 0.4) is 0 Å². The summed E-state index contributed by atoms with van der Waals surface area (Å²) in [5, 5.41) is 0. The molecule has 4 rings (SSSR count). The number of hydrogen-bond acceptors (Lipinski definition) is 3. The molecule has 2 heterocycles. The molecule has 1 aromatic heterocycles. The molecular weight excluding hydrogens is 294 g/mol. The third-order valence-corrected chi connectivity index (χ3v) is 4.16. The molecule has 2 atom stereocenters. The molecule has 1 aliphatic carbocycles. The van der Waals surface area contributed by atoms with Gasteiger partial charge in [-0.2, -0.15) is 4.68 Å². The summed E-state index contributed by atoms with van der Waals surface area (Å²) in [6.07, 6.45) is 8.83. The molecule has 0 spiro atoms. The Labute approximate surface area is 131 Å². The molecule has 6 heteroatoms. The van der Waals surface area contributed by atoms with E-state index in [2.05, 4.69) is 0 Å². The summed E-state index contributed by atoms with van der Waals surface area (Å²) in [7, 11) is 1.54. The molecule has 0 N–H and O–H groups in total. The van der Waals surface area contributed by atoms with Crippen molar-refractivity contribution >= 4 is 0 Å².